The van der Waals surface area contributed by atoms with Crippen molar-refractivity contribution in [3.8, 4) is 0 Å². The number of halogens is 2. The number of hydrogen-bond donors (Lipinski definition) is 1. The summed E-state index contributed by atoms with van der Waals surface area (Å²) in [5.41, 5.74) is 5.26. The van der Waals surface area contributed by atoms with E-state index in [1.807, 2.05) is 30.6 Å². The van der Waals surface area contributed by atoms with E-state index in [1.54, 1.807) is 0 Å². The van der Waals surface area contributed by atoms with Crippen molar-refractivity contribution in [1.82, 2.24) is 14.7 Å². The third-order valence-electron chi connectivity index (χ3n) is 6.38. The average Bonchev–Trinajstić information content (AvgIpc) is 2.65. The lowest BCUT2D eigenvalue weighted by Crippen LogP contribution is -2.76. The molecule has 0 radical (unpaired) electrons. The molecule has 0 aromatic heterocycles. The van der Waals surface area contributed by atoms with Crippen LogP contribution in [-0.2, 0) is 14.3 Å². The molecule has 1 saturated carbocycles. The van der Waals surface area contributed by atoms with Gasteiger partial charge in [-0.3, -0.25) is 14.5 Å². The van der Waals surface area contributed by atoms with Crippen LogP contribution >= 0.6 is 24.8 Å². The van der Waals surface area contributed by atoms with Crippen molar-refractivity contribution in [1.29, 1.82) is 0 Å². The van der Waals surface area contributed by atoms with Crippen LogP contribution in [0.5, 0.6) is 0 Å². The third-order valence-corrected chi connectivity index (χ3v) is 6.38. The van der Waals surface area contributed by atoms with Crippen LogP contribution in [0.3, 0.4) is 0 Å². The number of rotatable bonds is 7. The number of piperazine rings is 1. The molecule has 28 heavy (non-hydrogen) atoms. The van der Waals surface area contributed by atoms with Crippen LogP contribution in [0.15, 0.2) is 0 Å². The molecule has 0 aromatic rings. The highest BCUT2D eigenvalue weighted by atomic mass is 35.5. The second-order valence-corrected chi connectivity index (χ2v) is 7.98. The van der Waals surface area contributed by atoms with E-state index in [4.69, 9.17) is 10.5 Å². The first-order valence-corrected chi connectivity index (χ1v) is 9.91. The molecule has 0 aromatic carbocycles. The molecule has 2 fully saturated rings. The van der Waals surface area contributed by atoms with Crippen molar-refractivity contribution in [3.63, 3.8) is 0 Å². The van der Waals surface area contributed by atoms with Crippen molar-refractivity contribution >= 4 is 36.6 Å². The fraction of sp³-hybridized carbons (Fsp3) is 0.895. The molecule has 0 bridgehead atoms. The Balaban J connectivity index is 0.00000364. The van der Waals surface area contributed by atoms with Gasteiger partial charge in [0.2, 0.25) is 11.8 Å². The summed E-state index contributed by atoms with van der Waals surface area (Å²) in [5.74, 6) is 0.137. The van der Waals surface area contributed by atoms with E-state index >= 15 is 0 Å². The van der Waals surface area contributed by atoms with Crippen molar-refractivity contribution in [2.45, 2.75) is 52.7 Å². The summed E-state index contributed by atoms with van der Waals surface area (Å²) in [6.45, 7) is 15.2. The number of amides is 2. The quantitative estimate of drug-likeness (QED) is 0.646. The molecule has 1 saturated heterocycles. The number of hydrogen-bond acceptors (Lipinski definition) is 5. The Labute approximate surface area is 182 Å². The van der Waals surface area contributed by atoms with E-state index in [0.29, 0.717) is 45.8 Å². The molecule has 2 aliphatic rings. The van der Waals surface area contributed by atoms with Crippen molar-refractivity contribution in [2.75, 3.05) is 52.4 Å². The lowest BCUT2D eigenvalue weighted by molar-refractivity contribution is -0.180. The maximum atomic E-state index is 13.0. The van der Waals surface area contributed by atoms with Crippen molar-refractivity contribution < 1.29 is 14.3 Å². The number of nitrogens with zero attached hydrogens (tertiary/aromatic N) is 3. The summed E-state index contributed by atoms with van der Waals surface area (Å²) in [6.07, 6.45) is 0.590. The molecule has 2 amide bonds. The van der Waals surface area contributed by atoms with Gasteiger partial charge >= 0.3 is 0 Å². The second kappa shape index (κ2) is 11.0. The Morgan fingerprint density at radius 3 is 1.96 bits per heavy atom. The van der Waals surface area contributed by atoms with E-state index in [0.717, 1.165) is 13.1 Å². The fourth-order valence-corrected chi connectivity index (χ4v) is 3.98. The number of likely N-dealkylation sites (N-methyl/N-ethyl adjacent to an activating group) is 1. The fourth-order valence-electron chi connectivity index (χ4n) is 3.98. The van der Waals surface area contributed by atoms with E-state index < -0.39 is 5.54 Å². The first-order valence-electron chi connectivity index (χ1n) is 9.91. The minimum Gasteiger partial charge on any atom is -0.378 e. The molecule has 9 heteroatoms. The summed E-state index contributed by atoms with van der Waals surface area (Å²) in [6, 6.07) is 0. The topological polar surface area (TPSA) is 79.1 Å². The van der Waals surface area contributed by atoms with Gasteiger partial charge in [0.05, 0.1) is 12.6 Å². The Bertz CT molecular complexity index is 523. The van der Waals surface area contributed by atoms with Crippen molar-refractivity contribution in [2.24, 2.45) is 11.1 Å². The Morgan fingerprint density at radius 1 is 1.04 bits per heavy atom. The van der Waals surface area contributed by atoms with Gasteiger partial charge in [-0.1, -0.05) is 27.7 Å². The van der Waals surface area contributed by atoms with Crippen molar-refractivity contribution in [3.05, 3.63) is 0 Å². The summed E-state index contributed by atoms with van der Waals surface area (Å²) in [4.78, 5) is 31.3. The molecular weight excluding hydrogens is 403 g/mol. The maximum absolute atomic E-state index is 13.0. The van der Waals surface area contributed by atoms with Crippen LogP contribution < -0.4 is 5.73 Å². The van der Waals surface area contributed by atoms with Crippen LogP contribution in [-0.4, -0.2) is 90.6 Å². The van der Waals surface area contributed by atoms with Gasteiger partial charge in [0.15, 0.2) is 0 Å². The third kappa shape index (κ3) is 5.11. The molecular formula is C19H38Cl2N4O3. The molecule has 1 heterocycles. The van der Waals surface area contributed by atoms with Gasteiger partial charge in [-0.2, -0.15) is 0 Å². The highest BCUT2D eigenvalue weighted by Crippen LogP contribution is 2.50. The van der Waals surface area contributed by atoms with Gasteiger partial charge in [-0.15, -0.1) is 24.8 Å². The Kier molecular flexibility index (Phi) is 10.7. The van der Waals surface area contributed by atoms with Gasteiger partial charge in [0.1, 0.15) is 5.54 Å². The molecule has 2 N–H and O–H groups in total. The Hall–Kier alpha value is -0.600. The van der Waals surface area contributed by atoms with Gasteiger partial charge < -0.3 is 20.3 Å². The molecule has 1 aliphatic heterocycles. The van der Waals surface area contributed by atoms with Gasteiger partial charge in [-0.05, 0) is 20.0 Å². The molecule has 0 spiro atoms. The molecule has 2 rings (SSSR count). The van der Waals surface area contributed by atoms with Crippen LogP contribution in [0.1, 0.15) is 41.0 Å². The summed E-state index contributed by atoms with van der Waals surface area (Å²) in [7, 11) is 0. The lowest BCUT2D eigenvalue weighted by Gasteiger charge is -2.59. The molecule has 166 valence electrons. The smallest absolute Gasteiger partial charge is 0.243 e. The SMILES string of the molecule is CCOC1CC(N)(C(=O)N2CCN(C(=O)CN(CC)CC)CC2)C1(C)C.Cl.Cl. The number of carbonyl (C=O) groups is 2. The normalized spacial score (nSPS) is 26.2. The molecule has 2 atom stereocenters. The highest BCUT2D eigenvalue weighted by molar-refractivity contribution is 5.89. The van der Waals surface area contributed by atoms with Crippen LogP contribution in [0.25, 0.3) is 0 Å². The second-order valence-electron chi connectivity index (χ2n) is 7.98. The number of ether oxygens (including phenoxy) is 1. The van der Waals surface area contributed by atoms with Crippen LogP contribution in [0.2, 0.25) is 0 Å². The zero-order chi connectivity index (χ0) is 19.5. The minimum atomic E-state index is -0.875. The standard InChI is InChI=1S/C19H36N4O3.2ClH/c1-6-21(7-2)14-16(24)22-9-11-23(12-10-22)17(25)19(20)13-15(26-8-3)18(19,4)5;;/h15H,6-14,20H2,1-5H3;2*1H. The summed E-state index contributed by atoms with van der Waals surface area (Å²) in [5, 5.41) is 0. The summed E-state index contributed by atoms with van der Waals surface area (Å²) < 4.78 is 5.72. The molecule has 2 unspecified atom stereocenters. The van der Waals surface area contributed by atoms with E-state index in [9.17, 15) is 9.59 Å². The number of carbonyl (C=O) groups excluding carboxylic acids is 2. The van der Waals surface area contributed by atoms with Crippen LogP contribution in [0, 0.1) is 5.41 Å². The predicted octanol–water partition coefficient (Wildman–Crippen LogP) is 1.38. The first-order chi connectivity index (χ1) is 12.2. The Morgan fingerprint density at radius 2 is 1.54 bits per heavy atom. The van der Waals surface area contributed by atoms with E-state index in [1.165, 1.54) is 0 Å². The summed E-state index contributed by atoms with van der Waals surface area (Å²) >= 11 is 0. The number of nitrogens with two attached hydrogens (primary N) is 1. The predicted molar refractivity (Wildman–Crippen MR) is 116 cm³/mol. The minimum absolute atomic E-state index is 0. The van der Waals surface area contributed by atoms with Gasteiger partial charge in [0, 0.05) is 44.6 Å². The maximum Gasteiger partial charge on any atom is 0.243 e. The molecule has 1 aliphatic carbocycles. The van der Waals surface area contributed by atoms with Gasteiger partial charge in [0.25, 0.3) is 0 Å². The zero-order valence-electron chi connectivity index (χ0n) is 17.9. The zero-order valence-corrected chi connectivity index (χ0v) is 19.5. The van der Waals surface area contributed by atoms with Crippen LogP contribution in [0.4, 0.5) is 0 Å². The van der Waals surface area contributed by atoms with E-state index in [-0.39, 0.29) is 48.1 Å². The monoisotopic (exact) mass is 440 g/mol. The van der Waals surface area contributed by atoms with E-state index in [2.05, 4.69) is 18.7 Å². The average molecular weight is 441 g/mol. The molecule has 7 nitrogen and oxygen atoms in total. The highest BCUT2D eigenvalue weighted by Gasteiger charge is 2.63. The lowest BCUT2D eigenvalue weighted by atomic mass is 9.54. The van der Waals surface area contributed by atoms with Gasteiger partial charge in [-0.25, -0.2) is 0 Å². The first kappa shape index (κ1) is 27.4. The largest absolute Gasteiger partial charge is 0.378 e.